The van der Waals surface area contributed by atoms with Gasteiger partial charge in [-0.25, -0.2) is 0 Å². The summed E-state index contributed by atoms with van der Waals surface area (Å²) in [4.78, 5) is 21.6. The second-order valence-corrected chi connectivity index (χ2v) is 8.80. The van der Waals surface area contributed by atoms with Crippen LogP contribution < -0.4 is 4.74 Å². The van der Waals surface area contributed by atoms with Crippen molar-refractivity contribution in [1.29, 1.82) is 0 Å². The topological polar surface area (TPSA) is 68.0 Å². The predicted molar refractivity (Wildman–Crippen MR) is 133 cm³/mol. The standard InChI is InChI=1S/C28H29N3O4/c1-33-24-10-6-7-21(13-24)20-34-26-17-30(16-25-14-22-8-2-3-11-27(22)35-25)19-28(32)31(18-26)15-23-9-4-5-12-29-23/h2-14,26H,15-20H2,1H3/t26-/m0/s1. The van der Waals surface area contributed by atoms with Crippen LogP contribution in [-0.2, 0) is 29.2 Å². The molecule has 180 valence electrons. The highest BCUT2D eigenvalue weighted by atomic mass is 16.5. The molecule has 7 nitrogen and oxygen atoms in total. The molecule has 1 aliphatic rings. The fraction of sp³-hybridized carbons (Fsp3) is 0.286. The number of carbonyl (C=O) groups is 1. The van der Waals surface area contributed by atoms with Gasteiger partial charge in [-0.05, 0) is 42.0 Å². The summed E-state index contributed by atoms with van der Waals surface area (Å²) >= 11 is 0. The normalized spacial score (nSPS) is 17.0. The Morgan fingerprint density at radius 3 is 2.71 bits per heavy atom. The molecule has 7 heteroatoms. The van der Waals surface area contributed by atoms with E-state index in [0.717, 1.165) is 33.7 Å². The summed E-state index contributed by atoms with van der Waals surface area (Å²) in [6, 6.07) is 23.6. The number of rotatable bonds is 8. The first-order valence-electron chi connectivity index (χ1n) is 11.8. The van der Waals surface area contributed by atoms with Crippen LogP contribution in [0.2, 0.25) is 0 Å². The van der Waals surface area contributed by atoms with Gasteiger partial charge >= 0.3 is 0 Å². The number of hydrogen-bond donors (Lipinski definition) is 0. The minimum atomic E-state index is -0.166. The largest absolute Gasteiger partial charge is 0.497 e. The van der Waals surface area contributed by atoms with E-state index in [9.17, 15) is 4.79 Å². The van der Waals surface area contributed by atoms with Crippen molar-refractivity contribution >= 4 is 16.9 Å². The summed E-state index contributed by atoms with van der Waals surface area (Å²) in [6.45, 7) is 2.84. The van der Waals surface area contributed by atoms with Crippen molar-refractivity contribution in [2.75, 3.05) is 26.7 Å². The minimum absolute atomic E-state index is 0.0549. The lowest BCUT2D eigenvalue weighted by Crippen LogP contribution is -2.37. The summed E-state index contributed by atoms with van der Waals surface area (Å²) in [6.07, 6.45) is 1.59. The first-order valence-corrected chi connectivity index (χ1v) is 11.8. The summed E-state index contributed by atoms with van der Waals surface area (Å²) in [7, 11) is 1.66. The predicted octanol–water partition coefficient (Wildman–Crippen LogP) is 4.27. The third-order valence-electron chi connectivity index (χ3n) is 6.15. The zero-order valence-electron chi connectivity index (χ0n) is 19.8. The molecule has 1 amide bonds. The van der Waals surface area contributed by atoms with E-state index in [1.54, 1.807) is 13.3 Å². The molecule has 1 saturated heterocycles. The SMILES string of the molecule is COc1cccc(CO[C@H]2CN(Cc3cc4ccccc4o3)CC(=O)N(Cc3ccccn3)C2)c1. The van der Waals surface area contributed by atoms with Crippen LogP contribution in [-0.4, -0.2) is 53.5 Å². The van der Waals surface area contributed by atoms with E-state index in [0.29, 0.717) is 39.3 Å². The van der Waals surface area contributed by atoms with Gasteiger partial charge in [0.2, 0.25) is 5.91 Å². The van der Waals surface area contributed by atoms with E-state index < -0.39 is 0 Å². The highest BCUT2D eigenvalue weighted by Crippen LogP contribution is 2.22. The van der Waals surface area contributed by atoms with Crippen LogP contribution in [0, 0.1) is 0 Å². The van der Waals surface area contributed by atoms with Gasteiger partial charge in [0.1, 0.15) is 17.1 Å². The molecule has 2 aromatic heterocycles. The lowest BCUT2D eigenvalue weighted by atomic mass is 10.2. The number of pyridine rings is 1. The Labute approximate surface area is 204 Å². The molecule has 35 heavy (non-hydrogen) atoms. The lowest BCUT2D eigenvalue weighted by molar-refractivity contribution is -0.132. The van der Waals surface area contributed by atoms with E-state index in [2.05, 4.69) is 9.88 Å². The summed E-state index contributed by atoms with van der Waals surface area (Å²) in [5.74, 6) is 1.69. The Hall–Kier alpha value is -3.68. The maximum absolute atomic E-state index is 13.2. The van der Waals surface area contributed by atoms with Gasteiger partial charge in [-0.2, -0.15) is 0 Å². The van der Waals surface area contributed by atoms with Crippen LogP contribution in [0.25, 0.3) is 11.0 Å². The van der Waals surface area contributed by atoms with Gasteiger partial charge in [0.25, 0.3) is 0 Å². The fourth-order valence-corrected chi connectivity index (χ4v) is 4.43. The molecule has 0 radical (unpaired) electrons. The first kappa shape index (κ1) is 23.1. The van der Waals surface area contributed by atoms with Crippen LogP contribution in [0.4, 0.5) is 0 Å². The maximum atomic E-state index is 13.2. The van der Waals surface area contributed by atoms with Crippen LogP contribution in [0.3, 0.4) is 0 Å². The van der Waals surface area contributed by atoms with Crippen LogP contribution in [0.15, 0.2) is 83.4 Å². The molecule has 2 aromatic carbocycles. The zero-order valence-corrected chi connectivity index (χ0v) is 19.8. The fourth-order valence-electron chi connectivity index (χ4n) is 4.43. The van der Waals surface area contributed by atoms with Crippen molar-refractivity contribution < 1.29 is 18.7 Å². The average molecular weight is 472 g/mol. The third-order valence-corrected chi connectivity index (χ3v) is 6.15. The number of methoxy groups -OCH3 is 1. The summed E-state index contributed by atoms with van der Waals surface area (Å²) < 4.78 is 17.7. The highest BCUT2D eigenvalue weighted by molar-refractivity contribution is 5.79. The molecule has 3 heterocycles. The van der Waals surface area contributed by atoms with Gasteiger partial charge in [-0.3, -0.25) is 14.7 Å². The van der Waals surface area contributed by atoms with Gasteiger partial charge in [-0.15, -0.1) is 0 Å². The quantitative estimate of drug-likeness (QED) is 0.382. The van der Waals surface area contributed by atoms with Gasteiger partial charge < -0.3 is 18.8 Å². The smallest absolute Gasteiger partial charge is 0.237 e. The van der Waals surface area contributed by atoms with Crippen molar-refractivity contribution in [2.45, 2.75) is 25.8 Å². The maximum Gasteiger partial charge on any atom is 0.237 e. The number of hydrogen-bond acceptors (Lipinski definition) is 6. The number of para-hydroxylation sites is 1. The van der Waals surface area contributed by atoms with Gasteiger partial charge in [0, 0.05) is 24.7 Å². The lowest BCUT2D eigenvalue weighted by Gasteiger charge is -2.24. The molecule has 5 rings (SSSR count). The Bertz CT molecular complexity index is 1240. The van der Waals surface area contributed by atoms with E-state index >= 15 is 0 Å². The molecule has 0 saturated carbocycles. The van der Waals surface area contributed by atoms with E-state index in [-0.39, 0.29) is 12.0 Å². The Balaban J connectivity index is 1.33. The van der Waals surface area contributed by atoms with E-state index in [1.807, 2.05) is 77.7 Å². The number of ether oxygens (including phenoxy) is 2. The van der Waals surface area contributed by atoms with Crippen molar-refractivity contribution in [3.05, 3.63) is 96.0 Å². The number of aromatic nitrogens is 1. The molecule has 1 fully saturated rings. The van der Waals surface area contributed by atoms with Crippen molar-refractivity contribution in [1.82, 2.24) is 14.8 Å². The van der Waals surface area contributed by atoms with Gasteiger partial charge in [-0.1, -0.05) is 36.4 Å². The Morgan fingerprint density at radius 1 is 1.00 bits per heavy atom. The average Bonchev–Trinajstić information content (AvgIpc) is 3.23. The molecular formula is C28H29N3O4. The zero-order chi connectivity index (χ0) is 24.0. The molecule has 1 atom stereocenters. The van der Waals surface area contributed by atoms with Crippen LogP contribution >= 0.6 is 0 Å². The van der Waals surface area contributed by atoms with Crippen molar-refractivity contribution in [3.8, 4) is 5.75 Å². The number of nitrogens with zero attached hydrogens (tertiary/aromatic N) is 3. The minimum Gasteiger partial charge on any atom is -0.497 e. The number of benzene rings is 2. The Morgan fingerprint density at radius 2 is 1.89 bits per heavy atom. The molecule has 0 bridgehead atoms. The molecule has 4 aromatic rings. The van der Waals surface area contributed by atoms with Crippen LogP contribution in [0.1, 0.15) is 17.0 Å². The second-order valence-electron chi connectivity index (χ2n) is 8.80. The number of furan rings is 1. The molecular weight excluding hydrogens is 442 g/mol. The molecule has 1 aliphatic heterocycles. The second kappa shape index (κ2) is 10.7. The summed E-state index contributed by atoms with van der Waals surface area (Å²) in [5.41, 5.74) is 2.74. The van der Waals surface area contributed by atoms with Crippen LogP contribution in [0.5, 0.6) is 5.75 Å². The van der Waals surface area contributed by atoms with Crippen molar-refractivity contribution in [2.24, 2.45) is 0 Å². The Kier molecular flexibility index (Phi) is 7.07. The van der Waals surface area contributed by atoms with Gasteiger partial charge in [0.05, 0.1) is 45.1 Å². The number of carbonyl (C=O) groups excluding carboxylic acids is 1. The van der Waals surface area contributed by atoms with Gasteiger partial charge in [0.15, 0.2) is 0 Å². The summed E-state index contributed by atoms with van der Waals surface area (Å²) in [5, 5.41) is 1.06. The molecule has 0 N–H and O–H groups in total. The van der Waals surface area contributed by atoms with E-state index in [4.69, 9.17) is 13.9 Å². The number of fused-ring (bicyclic) bond motifs is 1. The third kappa shape index (κ3) is 5.88. The van der Waals surface area contributed by atoms with Crippen molar-refractivity contribution in [3.63, 3.8) is 0 Å². The number of amides is 1. The monoisotopic (exact) mass is 471 g/mol. The molecule has 0 spiro atoms. The molecule has 0 unspecified atom stereocenters. The highest BCUT2D eigenvalue weighted by Gasteiger charge is 2.29. The van der Waals surface area contributed by atoms with E-state index in [1.165, 1.54) is 0 Å². The first-order chi connectivity index (χ1) is 17.2. The molecule has 0 aliphatic carbocycles.